The molecule has 2 heterocycles. The van der Waals surface area contributed by atoms with E-state index in [-0.39, 0.29) is 12.2 Å². The third-order valence-electron chi connectivity index (χ3n) is 4.01. The van der Waals surface area contributed by atoms with E-state index >= 15 is 0 Å². The molecule has 0 aliphatic carbocycles. The molecule has 25 heavy (non-hydrogen) atoms. The summed E-state index contributed by atoms with van der Waals surface area (Å²) in [6, 6.07) is 5.44. The van der Waals surface area contributed by atoms with Crippen LogP contribution in [0.1, 0.15) is 31.0 Å². The second-order valence-electron chi connectivity index (χ2n) is 5.81. The summed E-state index contributed by atoms with van der Waals surface area (Å²) in [6.45, 7) is 5.41. The van der Waals surface area contributed by atoms with Crippen LogP contribution in [0.5, 0.6) is 0 Å². The van der Waals surface area contributed by atoms with Gasteiger partial charge >= 0.3 is 17.6 Å². The van der Waals surface area contributed by atoms with Gasteiger partial charge in [-0.05, 0) is 38.0 Å². The minimum atomic E-state index is -0.804. The third-order valence-corrected chi connectivity index (χ3v) is 4.01. The minimum Gasteiger partial charge on any atom is -0.463 e. The number of ether oxygens (including phenoxy) is 1. The largest absolute Gasteiger partial charge is 0.463 e. The molecule has 0 radical (unpaired) electrons. The van der Waals surface area contributed by atoms with Gasteiger partial charge < -0.3 is 19.8 Å². The second kappa shape index (κ2) is 6.43. The number of allylic oxidation sites excluding steroid dienone is 1. The van der Waals surface area contributed by atoms with Crippen LogP contribution >= 0.6 is 0 Å². The highest BCUT2D eigenvalue weighted by Gasteiger charge is 2.33. The van der Waals surface area contributed by atoms with Crippen molar-refractivity contribution in [1.29, 1.82) is 0 Å². The maximum atomic E-state index is 12.4. The molecule has 1 aromatic carbocycles. The predicted octanol–water partition coefficient (Wildman–Crippen LogP) is 2.29. The SMILES string of the molecule is CCOC(=O)C1=C(C)NC(=O)NC1c1cc(=O)oc2cc(C)ccc12. The highest BCUT2D eigenvalue weighted by Crippen LogP contribution is 2.31. The number of carbonyl (C=O) groups excluding carboxylic acids is 2. The molecule has 1 aliphatic rings. The summed E-state index contributed by atoms with van der Waals surface area (Å²) in [6.07, 6.45) is 0. The first-order valence-electron chi connectivity index (χ1n) is 7.90. The molecule has 0 fully saturated rings. The van der Waals surface area contributed by atoms with Crippen molar-refractivity contribution in [2.24, 2.45) is 0 Å². The molecule has 1 atom stereocenters. The van der Waals surface area contributed by atoms with Gasteiger partial charge in [-0.2, -0.15) is 0 Å². The molecule has 130 valence electrons. The molecule has 3 rings (SSSR count). The Labute approximate surface area is 143 Å². The number of rotatable bonds is 3. The number of aryl methyl sites for hydroxylation is 1. The summed E-state index contributed by atoms with van der Waals surface area (Å²) < 4.78 is 10.4. The summed E-state index contributed by atoms with van der Waals surface area (Å²) in [5, 5.41) is 5.91. The summed E-state index contributed by atoms with van der Waals surface area (Å²) in [5.41, 5.74) is 1.91. The van der Waals surface area contributed by atoms with E-state index < -0.39 is 23.7 Å². The molecule has 0 bridgehead atoms. The van der Waals surface area contributed by atoms with Gasteiger partial charge in [0, 0.05) is 17.1 Å². The van der Waals surface area contributed by atoms with Crippen LogP contribution in [0.2, 0.25) is 0 Å². The Kier molecular flexibility index (Phi) is 4.31. The normalized spacial score (nSPS) is 17.2. The molecule has 2 aromatic rings. The van der Waals surface area contributed by atoms with Gasteiger partial charge in [0.15, 0.2) is 0 Å². The monoisotopic (exact) mass is 342 g/mol. The molecule has 7 heteroatoms. The van der Waals surface area contributed by atoms with Crippen molar-refractivity contribution in [2.45, 2.75) is 26.8 Å². The van der Waals surface area contributed by atoms with Crippen LogP contribution in [-0.2, 0) is 9.53 Å². The fourth-order valence-corrected chi connectivity index (χ4v) is 2.94. The Morgan fingerprint density at radius 3 is 2.72 bits per heavy atom. The van der Waals surface area contributed by atoms with E-state index in [4.69, 9.17) is 9.15 Å². The lowest BCUT2D eigenvalue weighted by Gasteiger charge is -2.28. The van der Waals surface area contributed by atoms with Crippen LogP contribution in [-0.4, -0.2) is 18.6 Å². The molecular weight excluding hydrogens is 324 g/mol. The number of carbonyl (C=O) groups is 2. The van der Waals surface area contributed by atoms with E-state index in [1.165, 1.54) is 6.07 Å². The number of nitrogens with one attached hydrogen (secondary N) is 2. The number of hydrogen-bond acceptors (Lipinski definition) is 5. The van der Waals surface area contributed by atoms with Crippen molar-refractivity contribution < 1.29 is 18.7 Å². The van der Waals surface area contributed by atoms with Gasteiger partial charge in [-0.15, -0.1) is 0 Å². The number of amides is 2. The predicted molar refractivity (Wildman–Crippen MR) is 91.0 cm³/mol. The quantitative estimate of drug-likeness (QED) is 0.659. The van der Waals surface area contributed by atoms with Crippen LogP contribution in [0, 0.1) is 6.92 Å². The van der Waals surface area contributed by atoms with Gasteiger partial charge in [-0.1, -0.05) is 12.1 Å². The highest BCUT2D eigenvalue weighted by molar-refractivity contribution is 5.96. The maximum absolute atomic E-state index is 12.4. The number of urea groups is 1. The summed E-state index contributed by atoms with van der Waals surface area (Å²) in [5.74, 6) is -0.550. The highest BCUT2D eigenvalue weighted by atomic mass is 16.5. The Morgan fingerprint density at radius 1 is 1.24 bits per heavy atom. The Hall–Kier alpha value is -3.09. The average Bonchev–Trinajstić information content (AvgIpc) is 2.52. The average molecular weight is 342 g/mol. The Balaban J connectivity index is 2.24. The first-order valence-corrected chi connectivity index (χ1v) is 7.90. The molecule has 7 nitrogen and oxygen atoms in total. The van der Waals surface area contributed by atoms with Crippen LogP contribution in [0.15, 0.2) is 44.7 Å². The molecule has 1 aromatic heterocycles. The summed E-state index contributed by atoms with van der Waals surface area (Å²) >= 11 is 0. The van der Waals surface area contributed by atoms with Crippen molar-refractivity contribution in [1.82, 2.24) is 10.6 Å². The Bertz CT molecular complexity index is 958. The number of hydrogen-bond donors (Lipinski definition) is 2. The van der Waals surface area contributed by atoms with Crippen LogP contribution in [0.3, 0.4) is 0 Å². The number of esters is 1. The van der Waals surface area contributed by atoms with Crippen molar-refractivity contribution in [3.8, 4) is 0 Å². The number of fused-ring (bicyclic) bond motifs is 1. The standard InChI is InChI=1S/C18H18N2O5/c1-4-24-17(22)15-10(3)19-18(23)20-16(15)12-8-14(21)25-13-7-9(2)5-6-11(12)13/h5-8,16H,4H2,1-3H3,(H2,19,20,23). The number of benzene rings is 1. The molecule has 1 aliphatic heterocycles. The van der Waals surface area contributed by atoms with Gasteiger partial charge in [0.2, 0.25) is 0 Å². The molecule has 0 saturated heterocycles. The third kappa shape index (κ3) is 3.13. The topological polar surface area (TPSA) is 97.6 Å². The zero-order chi connectivity index (χ0) is 18.1. The van der Waals surface area contributed by atoms with Gasteiger partial charge in [0.25, 0.3) is 0 Å². The van der Waals surface area contributed by atoms with E-state index in [0.29, 0.717) is 22.2 Å². The zero-order valence-electron chi connectivity index (χ0n) is 14.1. The van der Waals surface area contributed by atoms with Crippen molar-refractivity contribution in [2.75, 3.05) is 6.61 Å². The molecule has 0 saturated carbocycles. The van der Waals surface area contributed by atoms with E-state index in [9.17, 15) is 14.4 Å². The molecule has 1 unspecified atom stereocenters. The molecule has 0 spiro atoms. The summed E-state index contributed by atoms with van der Waals surface area (Å²) in [7, 11) is 0. The van der Waals surface area contributed by atoms with Crippen molar-refractivity contribution in [3.05, 3.63) is 57.1 Å². The van der Waals surface area contributed by atoms with Crippen molar-refractivity contribution in [3.63, 3.8) is 0 Å². The van der Waals surface area contributed by atoms with Crippen LogP contribution < -0.4 is 16.3 Å². The Morgan fingerprint density at radius 2 is 2.00 bits per heavy atom. The molecule has 2 amide bonds. The van der Waals surface area contributed by atoms with Gasteiger partial charge in [0.1, 0.15) is 5.58 Å². The lowest BCUT2D eigenvalue weighted by atomic mass is 9.93. The first-order chi connectivity index (χ1) is 11.9. The van der Waals surface area contributed by atoms with Crippen LogP contribution in [0.4, 0.5) is 4.79 Å². The fraction of sp³-hybridized carbons (Fsp3) is 0.278. The lowest BCUT2D eigenvalue weighted by molar-refractivity contribution is -0.139. The summed E-state index contributed by atoms with van der Waals surface area (Å²) in [4.78, 5) is 36.3. The van der Waals surface area contributed by atoms with E-state index in [2.05, 4.69) is 10.6 Å². The van der Waals surface area contributed by atoms with Gasteiger partial charge in [-0.3, -0.25) is 0 Å². The van der Waals surface area contributed by atoms with Crippen molar-refractivity contribution >= 4 is 23.0 Å². The van der Waals surface area contributed by atoms with E-state index in [0.717, 1.165) is 5.56 Å². The van der Waals surface area contributed by atoms with E-state index in [1.54, 1.807) is 26.0 Å². The molecular formula is C18H18N2O5. The maximum Gasteiger partial charge on any atom is 0.338 e. The second-order valence-corrected chi connectivity index (χ2v) is 5.81. The zero-order valence-corrected chi connectivity index (χ0v) is 14.1. The molecule has 2 N–H and O–H groups in total. The van der Waals surface area contributed by atoms with Gasteiger partial charge in [-0.25, -0.2) is 14.4 Å². The minimum absolute atomic E-state index is 0.202. The smallest absolute Gasteiger partial charge is 0.338 e. The van der Waals surface area contributed by atoms with Gasteiger partial charge in [0.05, 0.1) is 18.2 Å². The van der Waals surface area contributed by atoms with E-state index in [1.807, 2.05) is 13.0 Å². The lowest BCUT2D eigenvalue weighted by Crippen LogP contribution is -2.45. The van der Waals surface area contributed by atoms with Crippen LogP contribution in [0.25, 0.3) is 11.0 Å². The first kappa shape index (κ1) is 16.8. The fourth-order valence-electron chi connectivity index (χ4n) is 2.94.